The Hall–Kier alpha value is -1.32. The van der Waals surface area contributed by atoms with Gasteiger partial charge in [-0.1, -0.05) is 18.2 Å². The van der Waals surface area contributed by atoms with Gasteiger partial charge in [0.25, 0.3) is 0 Å². The van der Waals surface area contributed by atoms with Crippen molar-refractivity contribution in [3.8, 4) is 0 Å². The van der Waals surface area contributed by atoms with Crippen LogP contribution in [0.2, 0.25) is 0 Å². The predicted molar refractivity (Wildman–Crippen MR) is 77.4 cm³/mol. The third-order valence-corrected chi connectivity index (χ3v) is 4.23. The van der Waals surface area contributed by atoms with Crippen molar-refractivity contribution >= 4 is 17.0 Å². The van der Waals surface area contributed by atoms with Gasteiger partial charge in [0.1, 0.15) is 0 Å². The number of benzene rings is 1. The van der Waals surface area contributed by atoms with E-state index in [2.05, 4.69) is 34.5 Å². The molecule has 18 heavy (non-hydrogen) atoms. The number of anilines is 1. The molecule has 0 spiro atoms. The molecule has 0 saturated heterocycles. The van der Waals surface area contributed by atoms with Gasteiger partial charge in [0.2, 0.25) is 0 Å². The van der Waals surface area contributed by atoms with E-state index in [0.29, 0.717) is 0 Å². The summed E-state index contributed by atoms with van der Waals surface area (Å²) in [7, 11) is 0. The van der Waals surface area contributed by atoms with E-state index >= 15 is 0 Å². The maximum absolute atomic E-state index is 5.73. The largest absolute Gasteiger partial charge is 0.399 e. The highest BCUT2D eigenvalue weighted by Gasteiger charge is 2.29. The van der Waals surface area contributed by atoms with Gasteiger partial charge in [-0.05, 0) is 42.0 Å². The fourth-order valence-corrected chi connectivity index (χ4v) is 2.94. The molecule has 0 radical (unpaired) electrons. The van der Waals surface area contributed by atoms with Gasteiger partial charge in [-0.3, -0.25) is 4.90 Å². The van der Waals surface area contributed by atoms with Crippen molar-refractivity contribution in [3.05, 3.63) is 52.2 Å². The Labute approximate surface area is 112 Å². The van der Waals surface area contributed by atoms with Gasteiger partial charge in [0.05, 0.1) is 0 Å². The molecular formula is C15H18N2S. The van der Waals surface area contributed by atoms with Crippen molar-refractivity contribution in [2.75, 3.05) is 5.73 Å². The van der Waals surface area contributed by atoms with Crippen LogP contribution in [0, 0.1) is 0 Å². The molecule has 1 fully saturated rings. The number of nitrogens with zero attached hydrogens (tertiary/aromatic N) is 1. The van der Waals surface area contributed by atoms with Crippen LogP contribution in [-0.2, 0) is 13.1 Å². The SMILES string of the molecule is Nc1ccc(CN(Cc2cccs2)C2CC2)cc1. The summed E-state index contributed by atoms with van der Waals surface area (Å²) in [6.45, 7) is 2.11. The molecule has 2 N–H and O–H groups in total. The predicted octanol–water partition coefficient (Wildman–Crippen LogP) is 3.49. The summed E-state index contributed by atoms with van der Waals surface area (Å²) < 4.78 is 0. The second-order valence-electron chi connectivity index (χ2n) is 4.96. The van der Waals surface area contributed by atoms with Gasteiger partial charge in [0.15, 0.2) is 0 Å². The Balaban J connectivity index is 1.68. The van der Waals surface area contributed by atoms with Crippen LogP contribution in [0.3, 0.4) is 0 Å². The first-order chi connectivity index (χ1) is 8.81. The highest BCUT2D eigenvalue weighted by atomic mass is 32.1. The van der Waals surface area contributed by atoms with E-state index in [4.69, 9.17) is 5.73 Å². The van der Waals surface area contributed by atoms with Crippen molar-refractivity contribution in [2.24, 2.45) is 0 Å². The number of thiophene rings is 1. The average molecular weight is 258 g/mol. The Bertz CT molecular complexity index is 486. The fraction of sp³-hybridized carbons (Fsp3) is 0.333. The minimum atomic E-state index is 0.782. The lowest BCUT2D eigenvalue weighted by molar-refractivity contribution is 0.248. The van der Waals surface area contributed by atoms with Crippen LogP contribution in [0.15, 0.2) is 41.8 Å². The molecule has 0 atom stereocenters. The Morgan fingerprint density at radius 2 is 1.89 bits per heavy atom. The first kappa shape index (κ1) is 11.8. The molecule has 1 aliphatic carbocycles. The molecule has 1 heterocycles. The van der Waals surface area contributed by atoms with Crippen molar-refractivity contribution < 1.29 is 0 Å². The molecule has 2 aromatic rings. The maximum Gasteiger partial charge on any atom is 0.0334 e. The zero-order chi connectivity index (χ0) is 12.4. The van der Waals surface area contributed by atoms with Crippen LogP contribution in [0.25, 0.3) is 0 Å². The first-order valence-electron chi connectivity index (χ1n) is 6.42. The molecule has 1 saturated carbocycles. The lowest BCUT2D eigenvalue weighted by atomic mass is 10.2. The van der Waals surface area contributed by atoms with Gasteiger partial charge in [0, 0.05) is 29.7 Å². The average Bonchev–Trinajstić information content (AvgIpc) is 3.10. The second-order valence-corrected chi connectivity index (χ2v) is 5.99. The lowest BCUT2D eigenvalue weighted by Crippen LogP contribution is -2.24. The Morgan fingerprint density at radius 3 is 2.50 bits per heavy atom. The van der Waals surface area contributed by atoms with E-state index < -0.39 is 0 Å². The van der Waals surface area contributed by atoms with Crippen LogP contribution in [-0.4, -0.2) is 10.9 Å². The van der Waals surface area contributed by atoms with Crippen LogP contribution < -0.4 is 5.73 Å². The Kier molecular flexibility index (Phi) is 3.35. The Morgan fingerprint density at radius 1 is 1.11 bits per heavy atom. The minimum Gasteiger partial charge on any atom is -0.399 e. The van der Waals surface area contributed by atoms with Crippen molar-refractivity contribution in [1.82, 2.24) is 4.90 Å². The van der Waals surface area contributed by atoms with Crippen LogP contribution >= 0.6 is 11.3 Å². The van der Waals surface area contributed by atoms with Gasteiger partial charge in [-0.15, -0.1) is 11.3 Å². The van der Waals surface area contributed by atoms with Crippen molar-refractivity contribution in [1.29, 1.82) is 0 Å². The lowest BCUT2D eigenvalue weighted by Gasteiger charge is -2.21. The van der Waals surface area contributed by atoms with Crippen molar-refractivity contribution in [3.63, 3.8) is 0 Å². The molecule has 2 nitrogen and oxygen atoms in total. The molecule has 1 aromatic heterocycles. The summed E-state index contributed by atoms with van der Waals surface area (Å²) >= 11 is 1.85. The second kappa shape index (κ2) is 5.12. The monoisotopic (exact) mass is 258 g/mol. The summed E-state index contributed by atoms with van der Waals surface area (Å²) in [6.07, 6.45) is 2.70. The summed E-state index contributed by atoms with van der Waals surface area (Å²) in [4.78, 5) is 4.04. The van der Waals surface area contributed by atoms with Gasteiger partial charge < -0.3 is 5.73 Å². The van der Waals surface area contributed by atoms with Crippen LogP contribution in [0.4, 0.5) is 5.69 Å². The molecule has 3 heteroatoms. The molecule has 0 bridgehead atoms. The zero-order valence-electron chi connectivity index (χ0n) is 10.4. The third kappa shape index (κ3) is 2.92. The standard InChI is InChI=1S/C15H18N2S/c16-13-5-3-12(4-6-13)10-17(14-7-8-14)11-15-2-1-9-18-15/h1-6,9,14H,7-8,10-11,16H2. The quantitative estimate of drug-likeness (QED) is 0.832. The minimum absolute atomic E-state index is 0.782. The van der Waals surface area contributed by atoms with Crippen LogP contribution in [0.1, 0.15) is 23.3 Å². The molecule has 0 aliphatic heterocycles. The summed E-state index contributed by atoms with van der Waals surface area (Å²) in [6, 6.07) is 13.4. The maximum atomic E-state index is 5.73. The number of rotatable bonds is 5. The number of nitrogens with two attached hydrogens (primary N) is 1. The molecule has 1 aliphatic rings. The topological polar surface area (TPSA) is 29.3 Å². The fourth-order valence-electron chi connectivity index (χ4n) is 2.21. The number of hydrogen-bond acceptors (Lipinski definition) is 3. The van der Waals surface area contributed by atoms with Gasteiger partial charge >= 0.3 is 0 Å². The summed E-state index contributed by atoms with van der Waals surface area (Å²) in [5.74, 6) is 0. The van der Waals surface area contributed by atoms with E-state index in [1.54, 1.807) is 0 Å². The van der Waals surface area contributed by atoms with Crippen molar-refractivity contribution in [2.45, 2.75) is 32.0 Å². The first-order valence-corrected chi connectivity index (χ1v) is 7.30. The van der Waals surface area contributed by atoms with Crippen LogP contribution in [0.5, 0.6) is 0 Å². The normalized spacial score (nSPS) is 15.2. The highest BCUT2D eigenvalue weighted by Crippen LogP contribution is 2.30. The molecule has 1 aromatic carbocycles. The van der Waals surface area contributed by atoms with E-state index in [1.165, 1.54) is 23.3 Å². The molecule has 94 valence electrons. The molecule has 3 rings (SSSR count). The molecule has 0 amide bonds. The smallest absolute Gasteiger partial charge is 0.0334 e. The van der Waals surface area contributed by atoms with Gasteiger partial charge in [-0.2, -0.15) is 0 Å². The number of nitrogen functional groups attached to an aromatic ring is 1. The van der Waals surface area contributed by atoms with E-state index in [9.17, 15) is 0 Å². The van der Waals surface area contributed by atoms with E-state index in [-0.39, 0.29) is 0 Å². The third-order valence-electron chi connectivity index (χ3n) is 3.37. The highest BCUT2D eigenvalue weighted by molar-refractivity contribution is 7.09. The summed E-state index contributed by atoms with van der Waals surface area (Å²) in [5, 5.41) is 2.16. The number of hydrogen-bond donors (Lipinski definition) is 1. The van der Waals surface area contributed by atoms with E-state index in [1.807, 2.05) is 23.5 Å². The zero-order valence-corrected chi connectivity index (χ0v) is 11.2. The molecular weight excluding hydrogens is 240 g/mol. The summed E-state index contributed by atoms with van der Waals surface area (Å²) in [5.41, 5.74) is 7.92. The molecule has 0 unspecified atom stereocenters. The van der Waals surface area contributed by atoms with Gasteiger partial charge in [-0.25, -0.2) is 0 Å². The van der Waals surface area contributed by atoms with E-state index in [0.717, 1.165) is 24.8 Å².